The Kier molecular flexibility index (Phi) is 5.90. The molecule has 0 saturated carbocycles. The summed E-state index contributed by atoms with van der Waals surface area (Å²) in [5.41, 5.74) is 7.68. The van der Waals surface area contributed by atoms with Gasteiger partial charge in [0.05, 0.1) is 18.8 Å². The van der Waals surface area contributed by atoms with Crippen LogP contribution < -0.4 is 15.2 Å². The van der Waals surface area contributed by atoms with Crippen molar-refractivity contribution < 1.29 is 23.8 Å². The van der Waals surface area contributed by atoms with Gasteiger partial charge in [0.1, 0.15) is 17.1 Å². The Bertz CT molecular complexity index is 1040. The van der Waals surface area contributed by atoms with Gasteiger partial charge in [-0.3, -0.25) is 0 Å². The van der Waals surface area contributed by atoms with Gasteiger partial charge in [-0.15, -0.1) is 0 Å². The first-order valence-electron chi connectivity index (χ1n) is 11.4. The van der Waals surface area contributed by atoms with Crippen molar-refractivity contribution >= 4 is 5.96 Å². The third-order valence-electron chi connectivity index (χ3n) is 6.41. The first kappa shape index (κ1) is 22.0. The number of nitrogens with zero attached hydrogens (tertiary/aromatic N) is 2. The second-order valence-electron chi connectivity index (χ2n) is 8.89. The Hall–Kier alpha value is -2.81. The first-order valence-corrected chi connectivity index (χ1v) is 11.4. The zero-order chi connectivity index (χ0) is 22.9. The average Bonchev–Trinajstić information content (AvgIpc) is 3.10. The molecule has 8 heteroatoms. The summed E-state index contributed by atoms with van der Waals surface area (Å²) in [6.07, 6.45) is 3.22. The maximum Gasteiger partial charge on any atom is 0.222 e. The molecule has 1 fully saturated rings. The normalized spacial score (nSPS) is 26.2. The molecular formula is C25H31N3O5. The van der Waals surface area contributed by atoms with Gasteiger partial charge >= 0.3 is 0 Å². The zero-order valence-corrected chi connectivity index (χ0v) is 19.2. The van der Waals surface area contributed by atoms with E-state index in [0.29, 0.717) is 32.2 Å². The van der Waals surface area contributed by atoms with Crippen molar-refractivity contribution in [2.45, 2.75) is 37.0 Å². The molecular weight excluding hydrogens is 422 g/mol. The standard InChI is InChI=1S/C25H31N3O5/c1-28-23(26)27-25(33-28)16-24(10-4-12-30-17-24)32-22-9-8-19(15-21(22)25)18-6-3-7-20(14-18)31-13-5-11-29-2/h3,6-9,14-15H,4-5,10-13,16-17H2,1-2H3,(H2,26,27). The Balaban J connectivity index is 1.49. The highest BCUT2D eigenvalue weighted by Crippen LogP contribution is 2.52. The van der Waals surface area contributed by atoms with Crippen LogP contribution in [0.3, 0.4) is 0 Å². The molecule has 3 heterocycles. The van der Waals surface area contributed by atoms with Gasteiger partial charge in [0.25, 0.3) is 0 Å². The molecule has 0 bridgehead atoms. The molecule has 2 N–H and O–H groups in total. The minimum atomic E-state index is -0.933. The van der Waals surface area contributed by atoms with Crippen LogP contribution in [0, 0.1) is 0 Å². The fourth-order valence-electron chi connectivity index (χ4n) is 4.84. The van der Waals surface area contributed by atoms with Crippen molar-refractivity contribution in [2.24, 2.45) is 10.7 Å². The predicted octanol–water partition coefficient (Wildman–Crippen LogP) is 3.45. The van der Waals surface area contributed by atoms with E-state index in [9.17, 15) is 0 Å². The van der Waals surface area contributed by atoms with Crippen LogP contribution in [0.4, 0.5) is 0 Å². The lowest BCUT2D eigenvalue weighted by Crippen LogP contribution is -2.53. The maximum absolute atomic E-state index is 6.54. The van der Waals surface area contributed by atoms with E-state index in [1.807, 2.05) is 24.3 Å². The predicted molar refractivity (Wildman–Crippen MR) is 124 cm³/mol. The summed E-state index contributed by atoms with van der Waals surface area (Å²) in [7, 11) is 3.47. The molecule has 2 atom stereocenters. The summed E-state index contributed by atoms with van der Waals surface area (Å²) in [5.74, 6) is 1.94. The lowest BCUT2D eigenvalue weighted by Gasteiger charge is -2.46. The zero-order valence-electron chi connectivity index (χ0n) is 19.2. The van der Waals surface area contributed by atoms with Crippen LogP contribution in [0.2, 0.25) is 0 Å². The molecule has 3 aliphatic heterocycles. The number of hydrogen-bond donors (Lipinski definition) is 1. The topological polar surface area (TPSA) is 87.8 Å². The molecule has 2 unspecified atom stereocenters. The fraction of sp³-hybridized carbons (Fsp3) is 0.480. The van der Waals surface area contributed by atoms with Gasteiger partial charge in [-0.1, -0.05) is 18.2 Å². The van der Waals surface area contributed by atoms with Crippen LogP contribution in [0.5, 0.6) is 11.5 Å². The quantitative estimate of drug-likeness (QED) is 0.671. The number of methoxy groups -OCH3 is 1. The number of nitrogens with two attached hydrogens (primary N) is 1. The molecule has 0 aromatic heterocycles. The third kappa shape index (κ3) is 4.26. The van der Waals surface area contributed by atoms with E-state index in [0.717, 1.165) is 54.1 Å². The molecule has 1 saturated heterocycles. The van der Waals surface area contributed by atoms with Crippen molar-refractivity contribution in [3.8, 4) is 22.6 Å². The van der Waals surface area contributed by atoms with Gasteiger partial charge in [0, 0.05) is 40.2 Å². The molecule has 5 rings (SSSR count). The first-order chi connectivity index (χ1) is 16.0. The van der Waals surface area contributed by atoms with Crippen molar-refractivity contribution in [3.05, 3.63) is 48.0 Å². The van der Waals surface area contributed by atoms with Gasteiger partial charge in [-0.05, 0) is 48.2 Å². The molecule has 0 amide bonds. The minimum Gasteiger partial charge on any atom is -0.493 e. The Morgan fingerprint density at radius 2 is 2.03 bits per heavy atom. The van der Waals surface area contributed by atoms with Gasteiger partial charge in [0.15, 0.2) is 0 Å². The number of hydrogen-bond acceptors (Lipinski definition) is 8. The third-order valence-corrected chi connectivity index (χ3v) is 6.41. The Morgan fingerprint density at radius 3 is 2.79 bits per heavy atom. The van der Waals surface area contributed by atoms with E-state index in [2.05, 4.69) is 18.2 Å². The number of hydroxylamine groups is 2. The number of guanidine groups is 1. The number of ether oxygens (including phenoxy) is 4. The molecule has 33 heavy (non-hydrogen) atoms. The van der Waals surface area contributed by atoms with Crippen molar-refractivity contribution in [1.29, 1.82) is 0 Å². The summed E-state index contributed by atoms with van der Waals surface area (Å²) >= 11 is 0. The van der Waals surface area contributed by atoms with E-state index >= 15 is 0 Å². The number of rotatable bonds is 6. The summed E-state index contributed by atoms with van der Waals surface area (Å²) in [6, 6.07) is 14.2. The van der Waals surface area contributed by atoms with E-state index in [1.165, 1.54) is 5.06 Å². The second-order valence-corrected chi connectivity index (χ2v) is 8.89. The van der Waals surface area contributed by atoms with Crippen molar-refractivity contribution in [1.82, 2.24) is 5.06 Å². The van der Waals surface area contributed by atoms with E-state index in [-0.39, 0.29) is 0 Å². The van der Waals surface area contributed by atoms with Gasteiger partial charge in [-0.2, -0.15) is 0 Å². The maximum atomic E-state index is 6.54. The number of fused-ring (bicyclic) bond motifs is 2. The Morgan fingerprint density at radius 1 is 1.15 bits per heavy atom. The van der Waals surface area contributed by atoms with Crippen molar-refractivity contribution in [3.63, 3.8) is 0 Å². The number of aliphatic imine (C=N–C) groups is 1. The summed E-state index contributed by atoms with van der Waals surface area (Å²) in [5, 5.41) is 1.54. The van der Waals surface area contributed by atoms with Crippen molar-refractivity contribution in [2.75, 3.05) is 40.6 Å². The largest absolute Gasteiger partial charge is 0.493 e. The minimum absolute atomic E-state index is 0.353. The highest BCUT2D eigenvalue weighted by atomic mass is 16.7. The SMILES string of the molecule is COCCCOc1cccc(-c2ccc3c(c2)C2(CC4(CCCOC4)O3)N=C(N)N(C)O2)c1. The summed E-state index contributed by atoms with van der Waals surface area (Å²) in [6.45, 7) is 2.55. The average molecular weight is 454 g/mol. The fourth-order valence-corrected chi connectivity index (χ4v) is 4.84. The molecule has 3 aliphatic rings. The van der Waals surface area contributed by atoms with Gasteiger partial charge < -0.3 is 24.7 Å². The van der Waals surface area contributed by atoms with Crippen LogP contribution in [0.25, 0.3) is 11.1 Å². The van der Waals surface area contributed by atoms with E-state index in [4.69, 9.17) is 34.5 Å². The van der Waals surface area contributed by atoms with E-state index < -0.39 is 11.3 Å². The summed E-state index contributed by atoms with van der Waals surface area (Å²) < 4.78 is 23.3. The van der Waals surface area contributed by atoms with Gasteiger partial charge in [-0.25, -0.2) is 14.9 Å². The van der Waals surface area contributed by atoms with Crippen LogP contribution in [0.15, 0.2) is 47.5 Å². The molecule has 0 aliphatic carbocycles. The van der Waals surface area contributed by atoms with Gasteiger partial charge in [0.2, 0.25) is 11.7 Å². The molecule has 2 aromatic rings. The molecule has 8 nitrogen and oxygen atoms in total. The molecule has 2 aromatic carbocycles. The van der Waals surface area contributed by atoms with E-state index in [1.54, 1.807) is 14.2 Å². The second kappa shape index (κ2) is 8.85. The lowest BCUT2D eigenvalue weighted by molar-refractivity contribution is -0.216. The van der Waals surface area contributed by atoms with Crippen LogP contribution in [0.1, 0.15) is 31.2 Å². The molecule has 0 radical (unpaired) electrons. The monoisotopic (exact) mass is 453 g/mol. The molecule has 2 spiro atoms. The Labute approximate surface area is 194 Å². The lowest BCUT2D eigenvalue weighted by atomic mass is 9.80. The summed E-state index contributed by atoms with van der Waals surface area (Å²) in [4.78, 5) is 11.1. The molecule has 176 valence electrons. The smallest absolute Gasteiger partial charge is 0.222 e. The highest BCUT2D eigenvalue weighted by molar-refractivity contribution is 5.79. The highest BCUT2D eigenvalue weighted by Gasteiger charge is 2.55. The van der Waals surface area contributed by atoms with Crippen LogP contribution >= 0.6 is 0 Å². The number of benzene rings is 2. The van der Waals surface area contributed by atoms with Crippen LogP contribution in [-0.2, 0) is 20.0 Å². The van der Waals surface area contributed by atoms with Crippen LogP contribution in [-0.4, -0.2) is 57.2 Å².